The summed E-state index contributed by atoms with van der Waals surface area (Å²) in [5.74, 6) is -3.62. The summed E-state index contributed by atoms with van der Waals surface area (Å²) in [6, 6.07) is 10.1. The van der Waals surface area contributed by atoms with Crippen LogP contribution in [0.3, 0.4) is 0 Å². The van der Waals surface area contributed by atoms with Gasteiger partial charge in [0.05, 0.1) is 22.6 Å². The van der Waals surface area contributed by atoms with Crippen LogP contribution in [0.15, 0.2) is 47.5 Å². The number of para-hydroxylation sites is 1. The zero-order chi connectivity index (χ0) is 24.7. The Balaban J connectivity index is 1.64. The van der Waals surface area contributed by atoms with Gasteiger partial charge in [-0.1, -0.05) is 29.8 Å². The summed E-state index contributed by atoms with van der Waals surface area (Å²) in [6.45, 7) is 5.96. The van der Waals surface area contributed by atoms with Crippen molar-refractivity contribution in [2.45, 2.75) is 20.4 Å². The van der Waals surface area contributed by atoms with Gasteiger partial charge in [-0.2, -0.15) is 5.10 Å². The first-order valence-electron chi connectivity index (χ1n) is 10.5. The molecule has 1 heterocycles. The highest BCUT2D eigenvalue weighted by atomic mass is 35.5. The average Bonchev–Trinajstić information content (AvgIpc) is 3.29. The monoisotopic (exact) mass is 488 g/mol. The maximum atomic E-state index is 13.4. The van der Waals surface area contributed by atoms with Crippen LogP contribution in [0.25, 0.3) is 0 Å². The van der Waals surface area contributed by atoms with Crippen molar-refractivity contribution in [3.63, 3.8) is 0 Å². The van der Waals surface area contributed by atoms with Crippen LogP contribution >= 0.6 is 11.6 Å². The number of rotatable bonds is 9. The summed E-state index contributed by atoms with van der Waals surface area (Å²) in [5.41, 5.74) is 1.38. The van der Waals surface area contributed by atoms with E-state index in [4.69, 9.17) is 11.6 Å². The number of aromatic amines is 1. The van der Waals surface area contributed by atoms with E-state index in [1.54, 1.807) is 6.34 Å². The van der Waals surface area contributed by atoms with Gasteiger partial charge in [-0.3, -0.25) is 14.7 Å². The Bertz CT molecular complexity index is 1210. The Labute approximate surface area is 200 Å². The first-order chi connectivity index (χ1) is 16.3. The first-order valence-corrected chi connectivity index (χ1v) is 10.9. The van der Waals surface area contributed by atoms with E-state index in [-0.39, 0.29) is 28.6 Å². The average molecular weight is 489 g/mol. The molecule has 1 aromatic heterocycles. The second-order valence-electron chi connectivity index (χ2n) is 7.14. The standard InChI is InChI=1S/C23H23ClF2N6O2/c1-3-32(4-2)13-28-19-8-6-5-7-14(19)12-27-23(34)20-11-21(31-30-20)29-22(33)15-9-17(25)18(26)10-16(15)24/h5-11,13H,3-4,12H2,1-2H3,(H,27,34)(H2,29,30,31,33). The molecule has 0 fully saturated rings. The Kier molecular flexibility index (Phi) is 8.31. The fourth-order valence-corrected chi connectivity index (χ4v) is 3.21. The van der Waals surface area contributed by atoms with Crippen LogP contribution in [-0.2, 0) is 6.54 Å². The normalized spacial score (nSPS) is 11.0. The molecular weight excluding hydrogens is 466 g/mol. The number of nitrogens with one attached hydrogen (secondary N) is 3. The summed E-state index contributed by atoms with van der Waals surface area (Å²) in [5, 5.41) is 11.3. The number of hydrogen-bond donors (Lipinski definition) is 3. The minimum atomic E-state index is -1.21. The van der Waals surface area contributed by atoms with Gasteiger partial charge in [0.2, 0.25) is 0 Å². The predicted octanol–water partition coefficient (Wildman–Crippen LogP) is 4.53. The third-order valence-corrected chi connectivity index (χ3v) is 5.23. The minimum absolute atomic E-state index is 0.0140. The number of carbonyl (C=O) groups excluding carboxylic acids is 2. The molecule has 178 valence electrons. The lowest BCUT2D eigenvalue weighted by molar-refractivity contribution is 0.0945. The first kappa shape index (κ1) is 24.8. The molecule has 3 rings (SSSR count). The van der Waals surface area contributed by atoms with Crippen molar-refractivity contribution in [2.24, 2.45) is 4.99 Å². The van der Waals surface area contributed by atoms with Crippen molar-refractivity contribution in [1.82, 2.24) is 20.4 Å². The number of H-pyrrole nitrogens is 1. The highest BCUT2D eigenvalue weighted by Gasteiger charge is 2.17. The number of hydrogen-bond acceptors (Lipinski definition) is 4. The molecule has 0 unspecified atom stereocenters. The smallest absolute Gasteiger partial charge is 0.269 e. The van der Waals surface area contributed by atoms with Crippen molar-refractivity contribution in [3.8, 4) is 0 Å². The Morgan fingerprint density at radius 2 is 1.82 bits per heavy atom. The molecule has 2 aromatic carbocycles. The molecule has 0 aliphatic heterocycles. The fraction of sp³-hybridized carbons (Fsp3) is 0.217. The fourth-order valence-electron chi connectivity index (χ4n) is 2.97. The molecule has 0 aliphatic carbocycles. The van der Waals surface area contributed by atoms with Gasteiger partial charge in [0.25, 0.3) is 11.8 Å². The van der Waals surface area contributed by atoms with Crippen LogP contribution in [-0.4, -0.2) is 46.3 Å². The zero-order valence-corrected chi connectivity index (χ0v) is 19.3. The number of nitrogens with zero attached hydrogens (tertiary/aromatic N) is 3. The molecule has 3 aromatic rings. The maximum absolute atomic E-state index is 13.4. The van der Waals surface area contributed by atoms with Crippen molar-refractivity contribution in [1.29, 1.82) is 0 Å². The Morgan fingerprint density at radius 3 is 2.56 bits per heavy atom. The molecule has 11 heteroatoms. The Morgan fingerprint density at radius 1 is 1.12 bits per heavy atom. The molecule has 34 heavy (non-hydrogen) atoms. The zero-order valence-electron chi connectivity index (χ0n) is 18.5. The number of benzene rings is 2. The van der Waals surface area contributed by atoms with Crippen LogP contribution < -0.4 is 10.6 Å². The van der Waals surface area contributed by atoms with Crippen LogP contribution in [0.1, 0.15) is 40.3 Å². The van der Waals surface area contributed by atoms with Crippen LogP contribution in [0, 0.1) is 11.6 Å². The van der Waals surface area contributed by atoms with E-state index in [2.05, 4.69) is 25.8 Å². The van der Waals surface area contributed by atoms with Gasteiger partial charge in [0.1, 0.15) is 5.69 Å². The van der Waals surface area contributed by atoms with E-state index in [0.29, 0.717) is 12.1 Å². The Hall–Kier alpha value is -3.79. The van der Waals surface area contributed by atoms with E-state index in [0.717, 1.165) is 24.3 Å². The summed E-state index contributed by atoms with van der Waals surface area (Å²) in [7, 11) is 0. The van der Waals surface area contributed by atoms with Gasteiger partial charge < -0.3 is 15.5 Å². The molecule has 2 amide bonds. The van der Waals surface area contributed by atoms with E-state index in [1.807, 2.05) is 43.0 Å². The maximum Gasteiger partial charge on any atom is 0.269 e. The third-order valence-electron chi connectivity index (χ3n) is 4.92. The van der Waals surface area contributed by atoms with Crippen LogP contribution in [0.2, 0.25) is 5.02 Å². The van der Waals surface area contributed by atoms with Gasteiger partial charge in [-0.15, -0.1) is 0 Å². The number of halogens is 3. The second kappa shape index (κ2) is 11.4. The van der Waals surface area contributed by atoms with Crippen LogP contribution in [0.4, 0.5) is 20.3 Å². The van der Waals surface area contributed by atoms with Crippen LogP contribution in [0.5, 0.6) is 0 Å². The molecule has 8 nitrogen and oxygen atoms in total. The van der Waals surface area contributed by atoms with Gasteiger partial charge in [-0.25, -0.2) is 13.8 Å². The summed E-state index contributed by atoms with van der Waals surface area (Å²) in [4.78, 5) is 31.4. The van der Waals surface area contributed by atoms with E-state index in [1.165, 1.54) is 6.07 Å². The molecule has 0 saturated carbocycles. The lowest BCUT2D eigenvalue weighted by Gasteiger charge is -2.14. The third kappa shape index (κ3) is 6.16. The molecular formula is C23H23ClF2N6O2. The van der Waals surface area contributed by atoms with Crippen molar-refractivity contribution >= 4 is 41.3 Å². The van der Waals surface area contributed by atoms with E-state index in [9.17, 15) is 18.4 Å². The van der Waals surface area contributed by atoms with E-state index < -0.39 is 23.4 Å². The van der Waals surface area contributed by atoms with Crippen molar-refractivity contribution in [2.75, 3.05) is 18.4 Å². The van der Waals surface area contributed by atoms with Crippen molar-refractivity contribution < 1.29 is 18.4 Å². The molecule has 0 spiro atoms. The molecule has 0 aliphatic rings. The highest BCUT2D eigenvalue weighted by molar-refractivity contribution is 6.34. The molecule has 0 bridgehead atoms. The van der Waals surface area contributed by atoms with E-state index >= 15 is 0 Å². The largest absolute Gasteiger partial charge is 0.363 e. The molecule has 3 N–H and O–H groups in total. The summed E-state index contributed by atoms with van der Waals surface area (Å²) >= 11 is 5.81. The highest BCUT2D eigenvalue weighted by Crippen LogP contribution is 2.21. The van der Waals surface area contributed by atoms with Crippen molar-refractivity contribution in [3.05, 3.63) is 75.9 Å². The number of carbonyl (C=O) groups is 2. The number of amides is 2. The molecule has 0 radical (unpaired) electrons. The molecule has 0 saturated heterocycles. The van der Waals surface area contributed by atoms with Gasteiger partial charge in [0, 0.05) is 25.7 Å². The topological polar surface area (TPSA) is 102 Å². The number of aromatic nitrogens is 2. The number of aliphatic imine (C=N–C) groups is 1. The summed E-state index contributed by atoms with van der Waals surface area (Å²) < 4.78 is 26.7. The lowest BCUT2D eigenvalue weighted by Crippen LogP contribution is -2.23. The second-order valence-corrected chi connectivity index (χ2v) is 7.55. The quantitative estimate of drug-likeness (QED) is 0.234. The van der Waals surface area contributed by atoms with Gasteiger partial charge >= 0.3 is 0 Å². The molecule has 0 atom stereocenters. The van der Waals surface area contributed by atoms with Gasteiger partial charge in [0.15, 0.2) is 17.5 Å². The number of anilines is 1. The predicted molar refractivity (Wildman–Crippen MR) is 127 cm³/mol. The van der Waals surface area contributed by atoms with Gasteiger partial charge in [-0.05, 0) is 37.6 Å². The summed E-state index contributed by atoms with van der Waals surface area (Å²) in [6.07, 6.45) is 1.77. The minimum Gasteiger partial charge on any atom is -0.363 e. The SMILES string of the molecule is CCN(C=Nc1ccccc1CNC(=O)c1cc(NC(=O)c2cc(F)c(F)cc2Cl)n[nH]1)CC. The lowest BCUT2D eigenvalue weighted by atomic mass is 10.2.